The van der Waals surface area contributed by atoms with E-state index >= 15 is 0 Å². The van der Waals surface area contributed by atoms with E-state index in [-0.39, 0.29) is 12.5 Å². The summed E-state index contributed by atoms with van der Waals surface area (Å²) in [6, 6.07) is 0. The Hall–Kier alpha value is -1.09. The molecule has 0 aliphatic rings. The molecule has 0 aromatic carbocycles. The first-order valence-electron chi connectivity index (χ1n) is 7.90. The molecule has 0 aromatic heterocycles. The van der Waals surface area contributed by atoms with E-state index in [0.29, 0.717) is 0 Å². The Bertz CT molecular complexity index is 282. The number of carboxylic acid groups (broad SMARTS) is 1. The lowest BCUT2D eigenvalue weighted by atomic mass is 10.1. The molecule has 0 bridgehead atoms. The van der Waals surface area contributed by atoms with Crippen LogP contribution in [0.2, 0.25) is 0 Å². The van der Waals surface area contributed by atoms with Crippen LogP contribution in [0, 0.1) is 0 Å². The Labute approximate surface area is 123 Å². The SMILES string of the molecule is CCCCC[C@@H](O)/C=C\C=C\CCCCCCC(=O)O. The highest BCUT2D eigenvalue weighted by Gasteiger charge is 1.97. The average Bonchev–Trinajstić information content (AvgIpc) is 2.41. The van der Waals surface area contributed by atoms with Gasteiger partial charge in [-0.15, -0.1) is 0 Å². The lowest BCUT2D eigenvalue weighted by Gasteiger charge is -2.03. The van der Waals surface area contributed by atoms with Crippen LogP contribution in [-0.4, -0.2) is 22.3 Å². The normalized spacial score (nSPS) is 13.3. The summed E-state index contributed by atoms with van der Waals surface area (Å²) in [5.41, 5.74) is 0. The van der Waals surface area contributed by atoms with Crippen molar-refractivity contribution in [1.29, 1.82) is 0 Å². The van der Waals surface area contributed by atoms with Gasteiger partial charge in [0.15, 0.2) is 0 Å². The quantitative estimate of drug-likeness (QED) is 0.387. The zero-order valence-corrected chi connectivity index (χ0v) is 12.8. The number of carbonyl (C=O) groups is 1. The molecule has 0 unspecified atom stereocenters. The Kier molecular flexibility index (Phi) is 13.5. The third-order valence-electron chi connectivity index (χ3n) is 3.20. The van der Waals surface area contributed by atoms with Gasteiger partial charge in [0.25, 0.3) is 0 Å². The summed E-state index contributed by atoms with van der Waals surface area (Å²) >= 11 is 0. The molecule has 1 atom stereocenters. The van der Waals surface area contributed by atoms with Gasteiger partial charge in [0.2, 0.25) is 0 Å². The molecule has 0 aromatic rings. The molecule has 20 heavy (non-hydrogen) atoms. The third-order valence-corrected chi connectivity index (χ3v) is 3.20. The minimum atomic E-state index is -0.701. The molecule has 116 valence electrons. The maximum atomic E-state index is 10.3. The van der Waals surface area contributed by atoms with Crippen LogP contribution in [-0.2, 0) is 4.79 Å². The molecule has 0 rings (SSSR count). The van der Waals surface area contributed by atoms with Crippen LogP contribution < -0.4 is 0 Å². The first-order chi connectivity index (χ1) is 9.66. The summed E-state index contributed by atoms with van der Waals surface area (Å²) in [5, 5.41) is 18.1. The molecule has 0 heterocycles. The van der Waals surface area contributed by atoms with Crippen LogP contribution in [0.3, 0.4) is 0 Å². The Morgan fingerprint density at radius 1 is 1.05 bits per heavy atom. The van der Waals surface area contributed by atoms with Crippen LogP contribution >= 0.6 is 0 Å². The zero-order chi connectivity index (χ0) is 15.1. The maximum absolute atomic E-state index is 10.3. The van der Waals surface area contributed by atoms with Gasteiger partial charge < -0.3 is 10.2 Å². The predicted molar refractivity (Wildman–Crippen MR) is 83.8 cm³/mol. The van der Waals surface area contributed by atoms with Gasteiger partial charge in [0, 0.05) is 6.42 Å². The van der Waals surface area contributed by atoms with Crippen LogP contribution in [0.15, 0.2) is 24.3 Å². The molecule has 0 spiro atoms. The largest absolute Gasteiger partial charge is 0.481 e. The summed E-state index contributed by atoms with van der Waals surface area (Å²) in [4.78, 5) is 10.3. The van der Waals surface area contributed by atoms with Crippen molar-refractivity contribution in [3.05, 3.63) is 24.3 Å². The van der Waals surface area contributed by atoms with Crippen molar-refractivity contribution in [1.82, 2.24) is 0 Å². The molecule has 0 saturated carbocycles. The van der Waals surface area contributed by atoms with E-state index < -0.39 is 5.97 Å². The molecule has 3 heteroatoms. The Morgan fingerprint density at radius 3 is 2.50 bits per heavy atom. The van der Waals surface area contributed by atoms with E-state index in [0.717, 1.165) is 44.9 Å². The van der Waals surface area contributed by atoms with Crippen molar-refractivity contribution in [2.75, 3.05) is 0 Å². The molecule has 0 aliphatic heterocycles. The monoisotopic (exact) mass is 282 g/mol. The van der Waals surface area contributed by atoms with Gasteiger partial charge in [-0.3, -0.25) is 4.79 Å². The van der Waals surface area contributed by atoms with E-state index in [1.54, 1.807) is 0 Å². The van der Waals surface area contributed by atoms with Gasteiger partial charge in [0.1, 0.15) is 0 Å². The van der Waals surface area contributed by atoms with Crippen molar-refractivity contribution < 1.29 is 15.0 Å². The van der Waals surface area contributed by atoms with E-state index in [4.69, 9.17) is 5.11 Å². The summed E-state index contributed by atoms with van der Waals surface area (Å²) in [7, 11) is 0. The van der Waals surface area contributed by atoms with E-state index in [2.05, 4.69) is 13.0 Å². The van der Waals surface area contributed by atoms with E-state index in [1.807, 2.05) is 18.2 Å². The fraction of sp³-hybridized carbons (Fsp3) is 0.706. The minimum absolute atomic E-state index is 0.286. The molecule has 0 saturated heterocycles. The number of allylic oxidation sites excluding steroid dienone is 3. The summed E-state index contributed by atoms with van der Waals surface area (Å²) in [6.45, 7) is 2.16. The Balaban J connectivity index is 3.40. The maximum Gasteiger partial charge on any atom is 0.303 e. The molecule has 0 amide bonds. The average molecular weight is 282 g/mol. The first kappa shape index (κ1) is 18.9. The molecule has 0 fully saturated rings. The van der Waals surface area contributed by atoms with Crippen molar-refractivity contribution in [3.8, 4) is 0 Å². The lowest BCUT2D eigenvalue weighted by molar-refractivity contribution is -0.137. The number of rotatable bonds is 13. The van der Waals surface area contributed by atoms with Gasteiger partial charge in [0.05, 0.1) is 6.10 Å². The summed E-state index contributed by atoms with van der Waals surface area (Å²) in [6.07, 6.45) is 17.1. The molecule has 3 nitrogen and oxygen atoms in total. The van der Waals surface area contributed by atoms with Crippen LogP contribution in [0.5, 0.6) is 0 Å². The third kappa shape index (κ3) is 15.0. The summed E-state index contributed by atoms with van der Waals surface area (Å²) in [5.74, 6) is -0.701. The number of hydrogen-bond donors (Lipinski definition) is 2. The summed E-state index contributed by atoms with van der Waals surface area (Å²) < 4.78 is 0. The first-order valence-corrected chi connectivity index (χ1v) is 7.90. The molecule has 0 radical (unpaired) electrons. The molecule has 0 aliphatic carbocycles. The van der Waals surface area contributed by atoms with Crippen molar-refractivity contribution in [2.45, 2.75) is 77.2 Å². The van der Waals surface area contributed by atoms with Gasteiger partial charge >= 0.3 is 5.97 Å². The van der Waals surface area contributed by atoms with Gasteiger partial charge in [-0.1, -0.05) is 63.3 Å². The number of aliphatic hydroxyl groups excluding tert-OH is 1. The van der Waals surface area contributed by atoms with Crippen LogP contribution in [0.4, 0.5) is 0 Å². The van der Waals surface area contributed by atoms with Crippen molar-refractivity contribution in [3.63, 3.8) is 0 Å². The topological polar surface area (TPSA) is 57.5 Å². The second kappa shape index (κ2) is 14.3. The van der Waals surface area contributed by atoms with Gasteiger partial charge in [-0.25, -0.2) is 0 Å². The number of aliphatic carboxylic acids is 1. The number of hydrogen-bond acceptors (Lipinski definition) is 2. The van der Waals surface area contributed by atoms with Crippen molar-refractivity contribution >= 4 is 5.97 Å². The second-order valence-electron chi connectivity index (χ2n) is 5.22. The number of unbranched alkanes of at least 4 members (excludes halogenated alkanes) is 6. The lowest BCUT2D eigenvalue weighted by Crippen LogP contribution is -2.00. The standard InChI is InChI=1S/C17H30O3/c1-2-3-10-13-16(18)14-11-8-6-4-5-7-9-12-15-17(19)20/h6,8,11,14,16,18H,2-5,7,9-10,12-13,15H2,1H3,(H,19,20)/b8-6+,14-11-/t16-/m1/s1. The predicted octanol–water partition coefficient (Wildman–Crippen LogP) is 4.47. The highest BCUT2D eigenvalue weighted by molar-refractivity contribution is 5.66. The molecular formula is C17H30O3. The van der Waals surface area contributed by atoms with E-state index in [1.165, 1.54) is 12.8 Å². The minimum Gasteiger partial charge on any atom is -0.481 e. The second-order valence-corrected chi connectivity index (χ2v) is 5.22. The van der Waals surface area contributed by atoms with Gasteiger partial charge in [-0.2, -0.15) is 0 Å². The highest BCUT2D eigenvalue weighted by Crippen LogP contribution is 2.06. The highest BCUT2D eigenvalue weighted by atomic mass is 16.4. The molecular weight excluding hydrogens is 252 g/mol. The number of carboxylic acids is 1. The van der Waals surface area contributed by atoms with Crippen LogP contribution in [0.1, 0.15) is 71.1 Å². The molecule has 2 N–H and O–H groups in total. The smallest absolute Gasteiger partial charge is 0.303 e. The van der Waals surface area contributed by atoms with Gasteiger partial charge in [-0.05, 0) is 25.7 Å². The fourth-order valence-corrected chi connectivity index (χ4v) is 1.96. The Morgan fingerprint density at radius 2 is 1.80 bits per heavy atom. The van der Waals surface area contributed by atoms with Crippen LogP contribution in [0.25, 0.3) is 0 Å². The zero-order valence-electron chi connectivity index (χ0n) is 12.8. The number of aliphatic hydroxyl groups is 1. The van der Waals surface area contributed by atoms with E-state index in [9.17, 15) is 9.90 Å². The van der Waals surface area contributed by atoms with Crippen molar-refractivity contribution in [2.24, 2.45) is 0 Å². The fourth-order valence-electron chi connectivity index (χ4n) is 1.96.